The number of aromatic carboxylic acids is 1. The molecular weight excluding hydrogens is 292 g/mol. The molecule has 0 unspecified atom stereocenters. The minimum Gasteiger partial charge on any atom is -0.478 e. The molecule has 0 aliphatic heterocycles. The second-order valence-corrected chi connectivity index (χ2v) is 4.54. The molecule has 3 rings (SSSR count). The van der Waals surface area contributed by atoms with Gasteiger partial charge in [-0.2, -0.15) is 0 Å². The van der Waals surface area contributed by atoms with Gasteiger partial charge in [-0.1, -0.05) is 0 Å². The van der Waals surface area contributed by atoms with Crippen LogP contribution in [0.25, 0.3) is 22.8 Å². The molecule has 3 aromatic rings. The SMILES string of the molecule is O=C(O)c1ccc(-c2ncc(-c3ccc(F)c(F)c3)o2)cc1. The molecule has 1 heterocycles. The third-order valence-electron chi connectivity index (χ3n) is 3.09. The Hall–Kier alpha value is -3.02. The molecule has 110 valence electrons. The lowest BCUT2D eigenvalue weighted by Crippen LogP contribution is -1.94. The average Bonchev–Trinajstić information content (AvgIpc) is 3.00. The second kappa shape index (κ2) is 5.40. The number of rotatable bonds is 3. The molecule has 6 heteroatoms. The number of hydrogen-bond acceptors (Lipinski definition) is 3. The molecule has 2 aromatic carbocycles. The standard InChI is InChI=1S/C16H9F2NO3/c17-12-6-5-11(7-13(12)18)14-8-19-15(22-14)9-1-3-10(4-2-9)16(20)21/h1-8H,(H,20,21). The summed E-state index contributed by atoms with van der Waals surface area (Å²) in [6.45, 7) is 0. The van der Waals surface area contributed by atoms with Gasteiger partial charge >= 0.3 is 5.97 Å². The number of carbonyl (C=O) groups is 1. The first-order valence-electron chi connectivity index (χ1n) is 6.29. The summed E-state index contributed by atoms with van der Waals surface area (Å²) in [6, 6.07) is 9.39. The van der Waals surface area contributed by atoms with E-state index in [0.29, 0.717) is 11.1 Å². The van der Waals surface area contributed by atoms with Gasteiger partial charge in [-0.05, 0) is 42.5 Å². The van der Waals surface area contributed by atoms with Crippen LogP contribution in [0.4, 0.5) is 8.78 Å². The van der Waals surface area contributed by atoms with Gasteiger partial charge in [0.25, 0.3) is 0 Å². The lowest BCUT2D eigenvalue weighted by molar-refractivity contribution is 0.0697. The van der Waals surface area contributed by atoms with Gasteiger partial charge in [0, 0.05) is 11.1 Å². The van der Waals surface area contributed by atoms with Crippen molar-refractivity contribution in [3.05, 3.63) is 65.9 Å². The molecule has 1 aromatic heterocycles. The van der Waals surface area contributed by atoms with Crippen molar-refractivity contribution in [3.63, 3.8) is 0 Å². The monoisotopic (exact) mass is 301 g/mol. The van der Waals surface area contributed by atoms with E-state index >= 15 is 0 Å². The number of carboxylic acids is 1. The van der Waals surface area contributed by atoms with Crippen molar-refractivity contribution in [1.29, 1.82) is 0 Å². The lowest BCUT2D eigenvalue weighted by atomic mass is 10.1. The summed E-state index contributed by atoms with van der Waals surface area (Å²) in [5.74, 6) is -2.39. The molecule has 0 saturated carbocycles. The predicted molar refractivity (Wildman–Crippen MR) is 74.3 cm³/mol. The highest BCUT2D eigenvalue weighted by Gasteiger charge is 2.11. The molecule has 0 atom stereocenters. The molecule has 4 nitrogen and oxygen atoms in total. The number of benzene rings is 2. The van der Waals surface area contributed by atoms with Crippen LogP contribution in [0.2, 0.25) is 0 Å². The van der Waals surface area contributed by atoms with E-state index in [-0.39, 0.29) is 17.2 Å². The van der Waals surface area contributed by atoms with Crippen LogP contribution in [0.1, 0.15) is 10.4 Å². The molecule has 0 aliphatic carbocycles. The minimum atomic E-state index is -1.03. The zero-order chi connectivity index (χ0) is 15.7. The maximum atomic E-state index is 13.2. The Morgan fingerprint density at radius 2 is 1.68 bits per heavy atom. The molecule has 0 spiro atoms. The summed E-state index contributed by atoms with van der Waals surface area (Å²) in [5.41, 5.74) is 1.09. The maximum absolute atomic E-state index is 13.2. The quantitative estimate of drug-likeness (QED) is 0.794. The van der Waals surface area contributed by atoms with Gasteiger partial charge in [-0.3, -0.25) is 0 Å². The van der Waals surface area contributed by atoms with Crippen LogP contribution in [-0.2, 0) is 0 Å². The fourth-order valence-electron chi connectivity index (χ4n) is 1.95. The molecule has 0 fully saturated rings. The van der Waals surface area contributed by atoms with E-state index in [2.05, 4.69) is 4.98 Å². The Morgan fingerprint density at radius 3 is 2.32 bits per heavy atom. The second-order valence-electron chi connectivity index (χ2n) is 4.54. The summed E-state index contributed by atoms with van der Waals surface area (Å²) >= 11 is 0. The van der Waals surface area contributed by atoms with Crippen molar-refractivity contribution < 1.29 is 23.1 Å². The fourth-order valence-corrected chi connectivity index (χ4v) is 1.95. The molecule has 0 saturated heterocycles. The topological polar surface area (TPSA) is 63.3 Å². The minimum absolute atomic E-state index is 0.149. The summed E-state index contributed by atoms with van der Waals surface area (Å²) in [6.07, 6.45) is 1.40. The van der Waals surface area contributed by atoms with Crippen molar-refractivity contribution in [1.82, 2.24) is 4.98 Å². The zero-order valence-corrected chi connectivity index (χ0v) is 11.1. The van der Waals surface area contributed by atoms with Crippen LogP contribution in [-0.4, -0.2) is 16.1 Å². The Kier molecular flexibility index (Phi) is 3.42. The molecule has 1 N–H and O–H groups in total. The Bertz CT molecular complexity index is 841. The maximum Gasteiger partial charge on any atom is 0.335 e. The van der Waals surface area contributed by atoms with E-state index in [1.807, 2.05) is 0 Å². The third-order valence-corrected chi connectivity index (χ3v) is 3.09. The van der Waals surface area contributed by atoms with Crippen molar-refractivity contribution in [2.24, 2.45) is 0 Å². The lowest BCUT2D eigenvalue weighted by Gasteiger charge is -1.99. The third kappa shape index (κ3) is 2.58. The molecule has 22 heavy (non-hydrogen) atoms. The van der Waals surface area contributed by atoms with E-state index in [1.54, 1.807) is 12.1 Å². The van der Waals surface area contributed by atoms with Gasteiger partial charge in [0.1, 0.15) is 0 Å². The van der Waals surface area contributed by atoms with Crippen molar-refractivity contribution in [2.45, 2.75) is 0 Å². The molecule has 0 bridgehead atoms. The Balaban J connectivity index is 1.93. The predicted octanol–water partition coefficient (Wildman–Crippen LogP) is 3.99. The summed E-state index contributed by atoms with van der Waals surface area (Å²) in [4.78, 5) is 14.9. The Morgan fingerprint density at radius 1 is 1.00 bits per heavy atom. The van der Waals surface area contributed by atoms with E-state index < -0.39 is 17.6 Å². The van der Waals surface area contributed by atoms with Gasteiger partial charge in [-0.25, -0.2) is 18.6 Å². The molecular formula is C16H9F2NO3. The van der Waals surface area contributed by atoms with E-state index in [0.717, 1.165) is 12.1 Å². The fraction of sp³-hybridized carbons (Fsp3) is 0. The summed E-state index contributed by atoms with van der Waals surface area (Å²) in [7, 11) is 0. The normalized spacial score (nSPS) is 10.6. The van der Waals surface area contributed by atoms with Crippen LogP contribution in [0.5, 0.6) is 0 Å². The highest BCUT2D eigenvalue weighted by Crippen LogP contribution is 2.27. The molecule has 0 amide bonds. The first-order valence-corrected chi connectivity index (χ1v) is 6.29. The summed E-state index contributed by atoms with van der Waals surface area (Å²) < 4.78 is 31.6. The van der Waals surface area contributed by atoms with Gasteiger partial charge in [-0.15, -0.1) is 0 Å². The highest BCUT2D eigenvalue weighted by molar-refractivity contribution is 5.88. The van der Waals surface area contributed by atoms with Crippen molar-refractivity contribution >= 4 is 5.97 Å². The average molecular weight is 301 g/mol. The van der Waals surface area contributed by atoms with Gasteiger partial charge in [0.2, 0.25) is 5.89 Å². The largest absolute Gasteiger partial charge is 0.478 e. The number of carboxylic acid groups (broad SMARTS) is 1. The number of halogens is 2. The van der Waals surface area contributed by atoms with Gasteiger partial charge < -0.3 is 9.52 Å². The van der Waals surface area contributed by atoms with E-state index in [4.69, 9.17) is 9.52 Å². The van der Waals surface area contributed by atoms with Gasteiger partial charge in [0.15, 0.2) is 17.4 Å². The highest BCUT2D eigenvalue weighted by atomic mass is 19.2. The van der Waals surface area contributed by atoms with Crippen LogP contribution < -0.4 is 0 Å². The number of oxazole rings is 1. The zero-order valence-electron chi connectivity index (χ0n) is 11.1. The van der Waals surface area contributed by atoms with Crippen LogP contribution in [0.15, 0.2) is 53.1 Å². The van der Waals surface area contributed by atoms with Crippen LogP contribution in [0.3, 0.4) is 0 Å². The van der Waals surface area contributed by atoms with Gasteiger partial charge in [0.05, 0.1) is 11.8 Å². The number of nitrogens with zero attached hydrogens (tertiary/aromatic N) is 1. The number of hydrogen-bond donors (Lipinski definition) is 1. The molecule has 0 aliphatic rings. The number of aromatic nitrogens is 1. The first-order chi connectivity index (χ1) is 10.5. The summed E-state index contributed by atoms with van der Waals surface area (Å²) in [5, 5.41) is 8.84. The smallest absolute Gasteiger partial charge is 0.335 e. The van der Waals surface area contributed by atoms with E-state index in [9.17, 15) is 13.6 Å². The van der Waals surface area contributed by atoms with E-state index in [1.165, 1.54) is 24.4 Å². The van der Waals surface area contributed by atoms with Crippen molar-refractivity contribution in [2.75, 3.05) is 0 Å². The van der Waals surface area contributed by atoms with Crippen LogP contribution >= 0.6 is 0 Å². The molecule has 0 radical (unpaired) electrons. The van der Waals surface area contributed by atoms with Crippen LogP contribution in [0, 0.1) is 11.6 Å². The van der Waals surface area contributed by atoms with Crippen molar-refractivity contribution in [3.8, 4) is 22.8 Å². The first kappa shape index (κ1) is 13.9. The Labute approximate surface area is 123 Å².